The molecule has 0 aliphatic heterocycles. The molecule has 2 aromatic heterocycles. The van der Waals surface area contributed by atoms with Gasteiger partial charge >= 0.3 is 0 Å². The van der Waals surface area contributed by atoms with Crippen LogP contribution >= 0.6 is 11.3 Å². The Balaban J connectivity index is 2.13. The summed E-state index contributed by atoms with van der Waals surface area (Å²) in [6.45, 7) is 2.16. The minimum atomic E-state index is 0.302. The molecule has 5 heteroatoms. The molecule has 0 spiro atoms. The van der Waals surface area contributed by atoms with Crippen molar-refractivity contribution in [3.8, 4) is 0 Å². The van der Waals surface area contributed by atoms with Crippen LogP contribution in [0.15, 0.2) is 29.9 Å². The Kier molecular flexibility index (Phi) is 3.93. The molecule has 0 aromatic carbocycles. The van der Waals surface area contributed by atoms with Gasteiger partial charge in [0.05, 0.1) is 18.4 Å². The smallest absolute Gasteiger partial charge is 0.147 e. The van der Waals surface area contributed by atoms with Gasteiger partial charge in [-0.3, -0.25) is 4.98 Å². The summed E-state index contributed by atoms with van der Waals surface area (Å²) >= 11 is 1.76. The SMILES string of the molecule is CCC(Nc1cncc(NC)n1)c1cccs1. The zero-order valence-corrected chi connectivity index (χ0v) is 10.8. The number of rotatable bonds is 5. The minimum Gasteiger partial charge on any atom is -0.372 e. The third-order valence-electron chi connectivity index (χ3n) is 2.51. The molecule has 90 valence electrons. The first-order valence-corrected chi connectivity index (χ1v) is 6.51. The van der Waals surface area contributed by atoms with E-state index in [1.54, 1.807) is 23.7 Å². The third-order valence-corrected chi connectivity index (χ3v) is 3.49. The highest BCUT2D eigenvalue weighted by Crippen LogP contribution is 2.25. The highest BCUT2D eigenvalue weighted by atomic mass is 32.1. The number of hydrogen-bond donors (Lipinski definition) is 2. The fourth-order valence-electron chi connectivity index (χ4n) is 1.60. The van der Waals surface area contributed by atoms with E-state index >= 15 is 0 Å². The molecule has 2 N–H and O–H groups in total. The van der Waals surface area contributed by atoms with Crippen molar-refractivity contribution in [2.75, 3.05) is 17.7 Å². The minimum absolute atomic E-state index is 0.302. The van der Waals surface area contributed by atoms with E-state index in [-0.39, 0.29) is 0 Å². The van der Waals surface area contributed by atoms with Crippen LogP contribution in [-0.2, 0) is 0 Å². The van der Waals surface area contributed by atoms with Crippen LogP contribution in [0.5, 0.6) is 0 Å². The lowest BCUT2D eigenvalue weighted by Gasteiger charge is -2.16. The van der Waals surface area contributed by atoms with E-state index in [1.807, 2.05) is 7.05 Å². The molecule has 2 rings (SSSR count). The lowest BCUT2D eigenvalue weighted by atomic mass is 10.2. The zero-order valence-electron chi connectivity index (χ0n) is 9.97. The molecule has 2 aromatic rings. The molecule has 0 aliphatic carbocycles. The van der Waals surface area contributed by atoms with Crippen molar-refractivity contribution in [1.29, 1.82) is 0 Å². The Hall–Kier alpha value is -1.62. The molecular formula is C12H16N4S. The molecule has 0 saturated carbocycles. The Bertz CT molecular complexity index is 455. The molecule has 0 aliphatic rings. The number of nitrogens with one attached hydrogen (secondary N) is 2. The van der Waals surface area contributed by atoms with Gasteiger partial charge in [-0.15, -0.1) is 11.3 Å². The van der Waals surface area contributed by atoms with Crippen molar-refractivity contribution in [2.24, 2.45) is 0 Å². The second-order valence-corrected chi connectivity index (χ2v) is 4.64. The van der Waals surface area contributed by atoms with Crippen LogP contribution in [0, 0.1) is 0 Å². The van der Waals surface area contributed by atoms with Gasteiger partial charge in [0.2, 0.25) is 0 Å². The van der Waals surface area contributed by atoms with Gasteiger partial charge in [-0.2, -0.15) is 0 Å². The summed E-state index contributed by atoms with van der Waals surface area (Å²) in [7, 11) is 1.84. The summed E-state index contributed by atoms with van der Waals surface area (Å²) in [4.78, 5) is 9.87. The Morgan fingerprint density at radius 3 is 2.82 bits per heavy atom. The molecular weight excluding hydrogens is 232 g/mol. The summed E-state index contributed by atoms with van der Waals surface area (Å²) in [5, 5.41) is 8.48. The number of anilines is 2. The number of hydrogen-bond acceptors (Lipinski definition) is 5. The molecule has 2 heterocycles. The first-order chi connectivity index (χ1) is 8.33. The Morgan fingerprint density at radius 2 is 2.18 bits per heavy atom. The Morgan fingerprint density at radius 1 is 1.35 bits per heavy atom. The molecule has 0 amide bonds. The van der Waals surface area contributed by atoms with Crippen LogP contribution in [0.3, 0.4) is 0 Å². The largest absolute Gasteiger partial charge is 0.372 e. The van der Waals surface area contributed by atoms with Gasteiger partial charge in [0.1, 0.15) is 11.6 Å². The summed E-state index contributed by atoms with van der Waals surface area (Å²) in [6.07, 6.45) is 4.47. The van der Waals surface area contributed by atoms with Crippen LogP contribution in [0.25, 0.3) is 0 Å². The second-order valence-electron chi connectivity index (χ2n) is 3.66. The van der Waals surface area contributed by atoms with E-state index in [9.17, 15) is 0 Å². The predicted octanol–water partition coefficient (Wildman–Crippen LogP) is 3.14. The maximum Gasteiger partial charge on any atom is 0.147 e. The van der Waals surface area contributed by atoms with Gasteiger partial charge in [0.15, 0.2) is 0 Å². The number of aromatic nitrogens is 2. The molecule has 0 fully saturated rings. The molecule has 4 nitrogen and oxygen atoms in total. The maximum atomic E-state index is 4.41. The van der Waals surface area contributed by atoms with E-state index in [2.05, 4.69) is 45.0 Å². The van der Waals surface area contributed by atoms with Gasteiger partial charge in [0.25, 0.3) is 0 Å². The van der Waals surface area contributed by atoms with E-state index < -0.39 is 0 Å². The van der Waals surface area contributed by atoms with Gasteiger partial charge < -0.3 is 10.6 Å². The first kappa shape index (κ1) is 11.9. The van der Waals surface area contributed by atoms with E-state index in [0.717, 1.165) is 18.1 Å². The fraction of sp³-hybridized carbons (Fsp3) is 0.333. The molecule has 0 radical (unpaired) electrons. The van der Waals surface area contributed by atoms with Gasteiger partial charge in [-0.25, -0.2) is 4.98 Å². The third kappa shape index (κ3) is 2.94. The standard InChI is InChI=1S/C12H16N4S/c1-3-9(10-5-4-6-17-10)15-12-8-14-7-11(13-2)16-12/h4-9H,3H2,1-2H3,(H2,13,15,16). The first-order valence-electron chi connectivity index (χ1n) is 5.63. The average Bonchev–Trinajstić information content (AvgIpc) is 2.90. The van der Waals surface area contributed by atoms with Crippen LogP contribution < -0.4 is 10.6 Å². The van der Waals surface area contributed by atoms with E-state index in [1.165, 1.54) is 4.88 Å². The van der Waals surface area contributed by atoms with Crippen molar-refractivity contribution in [3.05, 3.63) is 34.8 Å². The zero-order chi connectivity index (χ0) is 12.1. The van der Waals surface area contributed by atoms with Crippen molar-refractivity contribution in [1.82, 2.24) is 9.97 Å². The Labute approximate surface area is 105 Å². The van der Waals surface area contributed by atoms with Gasteiger partial charge in [-0.1, -0.05) is 13.0 Å². The van der Waals surface area contributed by atoms with Crippen molar-refractivity contribution >= 4 is 23.0 Å². The summed E-state index contributed by atoms with van der Waals surface area (Å²) in [5.41, 5.74) is 0. The molecule has 17 heavy (non-hydrogen) atoms. The molecule has 1 atom stereocenters. The monoisotopic (exact) mass is 248 g/mol. The average molecular weight is 248 g/mol. The van der Waals surface area contributed by atoms with Gasteiger partial charge in [0, 0.05) is 11.9 Å². The molecule has 0 bridgehead atoms. The fourth-order valence-corrected chi connectivity index (χ4v) is 2.46. The maximum absolute atomic E-state index is 4.41. The van der Waals surface area contributed by atoms with Crippen LogP contribution in [-0.4, -0.2) is 17.0 Å². The highest BCUT2D eigenvalue weighted by Gasteiger charge is 2.10. The van der Waals surface area contributed by atoms with Crippen molar-refractivity contribution in [2.45, 2.75) is 19.4 Å². The van der Waals surface area contributed by atoms with Gasteiger partial charge in [-0.05, 0) is 17.9 Å². The topological polar surface area (TPSA) is 49.8 Å². The summed E-state index contributed by atoms with van der Waals surface area (Å²) in [6, 6.07) is 4.51. The molecule has 1 unspecified atom stereocenters. The van der Waals surface area contributed by atoms with E-state index in [0.29, 0.717) is 6.04 Å². The highest BCUT2D eigenvalue weighted by molar-refractivity contribution is 7.10. The number of thiophene rings is 1. The number of nitrogens with zero attached hydrogens (tertiary/aromatic N) is 2. The normalized spacial score (nSPS) is 12.1. The summed E-state index contributed by atoms with van der Waals surface area (Å²) < 4.78 is 0. The lowest BCUT2D eigenvalue weighted by molar-refractivity contribution is 0.758. The van der Waals surface area contributed by atoms with Crippen LogP contribution in [0.1, 0.15) is 24.3 Å². The van der Waals surface area contributed by atoms with E-state index in [4.69, 9.17) is 0 Å². The van der Waals surface area contributed by atoms with Crippen LogP contribution in [0.4, 0.5) is 11.6 Å². The molecule has 0 saturated heterocycles. The predicted molar refractivity (Wildman–Crippen MR) is 72.6 cm³/mol. The van der Waals surface area contributed by atoms with Crippen molar-refractivity contribution in [3.63, 3.8) is 0 Å². The van der Waals surface area contributed by atoms with Crippen molar-refractivity contribution < 1.29 is 0 Å². The van der Waals surface area contributed by atoms with Crippen LogP contribution in [0.2, 0.25) is 0 Å². The second kappa shape index (κ2) is 5.63. The quantitative estimate of drug-likeness (QED) is 0.853. The summed E-state index contributed by atoms with van der Waals surface area (Å²) in [5.74, 6) is 1.58. The lowest BCUT2D eigenvalue weighted by Crippen LogP contribution is -2.10.